The van der Waals surface area contributed by atoms with Crippen LogP contribution >= 0.6 is 11.5 Å². The zero-order chi connectivity index (χ0) is 24.1. The maximum absolute atomic E-state index is 12.9. The predicted octanol–water partition coefficient (Wildman–Crippen LogP) is 5.25. The second kappa shape index (κ2) is 9.67. The lowest BCUT2D eigenvalue weighted by Crippen LogP contribution is -2.18. The van der Waals surface area contributed by atoms with Crippen LogP contribution in [0.15, 0.2) is 73.1 Å². The van der Waals surface area contributed by atoms with E-state index in [1.165, 1.54) is 0 Å². The number of nitrogens with one attached hydrogen (secondary N) is 2. The van der Waals surface area contributed by atoms with E-state index < -0.39 is 23.6 Å². The van der Waals surface area contributed by atoms with Crippen molar-refractivity contribution < 1.29 is 27.5 Å². The molecule has 0 unspecified atom stereocenters. The van der Waals surface area contributed by atoms with Crippen LogP contribution in [0.1, 0.15) is 26.4 Å². The Morgan fingerprint density at radius 1 is 0.882 bits per heavy atom. The second-order valence-electron chi connectivity index (χ2n) is 6.76. The molecule has 2 amide bonds. The third-order valence-electron chi connectivity index (χ3n) is 4.33. The maximum Gasteiger partial charge on any atom is 0.417 e. The van der Waals surface area contributed by atoms with Crippen molar-refractivity contribution in [3.8, 4) is 11.5 Å². The Morgan fingerprint density at radius 2 is 1.65 bits per heavy atom. The number of amides is 2. The summed E-state index contributed by atoms with van der Waals surface area (Å²) >= 11 is 0.705. The van der Waals surface area contributed by atoms with Crippen molar-refractivity contribution in [1.82, 2.24) is 14.6 Å². The molecule has 0 atom stereocenters. The molecule has 0 spiro atoms. The van der Waals surface area contributed by atoms with Crippen molar-refractivity contribution in [3.63, 3.8) is 0 Å². The number of alkyl halides is 3. The van der Waals surface area contributed by atoms with E-state index in [-0.39, 0.29) is 16.3 Å². The average molecular weight is 485 g/mol. The molecule has 0 saturated heterocycles. The number of ether oxygens (including phenoxy) is 1. The molecular formula is C22H14F3N5O3S. The number of halogens is 3. The van der Waals surface area contributed by atoms with Crippen LogP contribution in [-0.4, -0.2) is 26.4 Å². The summed E-state index contributed by atoms with van der Waals surface area (Å²) in [6.07, 6.45) is -3.06. The molecule has 0 bridgehead atoms. The second-order valence-corrected chi connectivity index (χ2v) is 7.52. The summed E-state index contributed by atoms with van der Waals surface area (Å²) in [7, 11) is 0. The predicted molar refractivity (Wildman–Crippen MR) is 118 cm³/mol. The fraction of sp³-hybridized carbons (Fsp3) is 0.0455. The third-order valence-corrected chi connectivity index (χ3v) is 4.97. The van der Waals surface area contributed by atoms with E-state index in [0.717, 1.165) is 6.20 Å². The Kier molecular flexibility index (Phi) is 6.50. The summed E-state index contributed by atoms with van der Waals surface area (Å²) < 4.78 is 48.0. The molecule has 0 saturated carbocycles. The van der Waals surface area contributed by atoms with Gasteiger partial charge in [0, 0.05) is 35.7 Å². The first-order valence-electron chi connectivity index (χ1n) is 9.60. The van der Waals surface area contributed by atoms with Gasteiger partial charge in [0.2, 0.25) is 0 Å². The van der Waals surface area contributed by atoms with Crippen LogP contribution in [-0.2, 0) is 6.18 Å². The quantitative estimate of drug-likeness (QED) is 0.387. The first-order chi connectivity index (χ1) is 16.3. The number of aromatic nitrogens is 3. The number of para-hydroxylation sites is 1. The molecule has 0 aliphatic heterocycles. The topological polar surface area (TPSA) is 106 Å². The molecule has 0 radical (unpaired) electrons. The van der Waals surface area contributed by atoms with E-state index in [1.807, 2.05) is 18.2 Å². The number of nitrogens with zero attached hydrogens (tertiary/aromatic N) is 3. The van der Waals surface area contributed by atoms with Crippen molar-refractivity contribution in [3.05, 3.63) is 89.9 Å². The molecule has 4 rings (SSSR count). The van der Waals surface area contributed by atoms with Crippen LogP contribution in [0.4, 0.5) is 23.9 Å². The molecule has 12 heteroatoms. The number of rotatable bonds is 6. The highest BCUT2D eigenvalue weighted by Gasteiger charge is 2.31. The Morgan fingerprint density at radius 3 is 2.41 bits per heavy atom. The minimum atomic E-state index is -4.65. The van der Waals surface area contributed by atoms with Gasteiger partial charge in [0.1, 0.15) is 16.5 Å². The number of pyridine rings is 1. The molecule has 0 aliphatic rings. The standard InChI is InChI=1S/C22H14F3N5O3S/c23-22(24,25)14-9-13(11-26-12-14)19(31)28-21-18(29-30-34-21)20(32)27-15-5-4-8-17(10-15)33-16-6-2-1-3-7-16/h1-12H,(H,27,32)(H,28,31). The lowest BCUT2D eigenvalue weighted by molar-refractivity contribution is -0.137. The van der Waals surface area contributed by atoms with Crippen LogP contribution in [0.3, 0.4) is 0 Å². The van der Waals surface area contributed by atoms with Gasteiger partial charge in [-0.2, -0.15) is 13.2 Å². The summed E-state index contributed by atoms with van der Waals surface area (Å²) in [6.45, 7) is 0. The van der Waals surface area contributed by atoms with E-state index in [0.29, 0.717) is 41.0 Å². The summed E-state index contributed by atoms with van der Waals surface area (Å²) in [5.41, 5.74) is -1.21. The molecule has 2 aromatic carbocycles. The Hall–Kier alpha value is -4.32. The molecule has 2 heterocycles. The third kappa shape index (κ3) is 5.53. The van der Waals surface area contributed by atoms with Gasteiger partial charge in [0.25, 0.3) is 11.8 Å². The maximum atomic E-state index is 12.9. The number of hydrogen-bond acceptors (Lipinski definition) is 7. The van der Waals surface area contributed by atoms with E-state index in [2.05, 4.69) is 25.2 Å². The fourth-order valence-electron chi connectivity index (χ4n) is 2.77. The van der Waals surface area contributed by atoms with Gasteiger partial charge in [0.15, 0.2) is 5.69 Å². The van der Waals surface area contributed by atoms with Gasteiger partial charge < -0.3 is 15.4 Å². The van der Waals surface area contributed by atoms with Crippen molar-refractivity contribution in [2.24, 2.45) is 0 Å². The van der Waals surface area contributed by atoms with Crippen LogP contribution in [0.2, 0.25) is 0 Å². The summed E-state index contributed by atoms with van der Waals surface area (Å²) in [6, 6.07) is 16.3. The largest absolute Gasteiger partial charge is 0.457 e. The Bertz CT molecular complexity index is 1330. The highest BCUT2D eigenvalue weighted by atomic mass is 32.1. The highest BCUT2D eigenvalue weighted by molar-refractivity contribution is 7.10. The number of anilines is 2. The zero-order valence-electron chi connectivity index (χ0n) is 17.0. The first kappa shape index (κ1) is 22.9. The van der Waals surface area contributed by atoms with Crippen LogP contribution < -0.4 is 15.4 Å². The minimum absolute atomic E-state index is 0.0309. The molecule has 0 fully saturated rings. The van der Waals surface area contributed by atoms with E-state index in [1.54, 1.807) is 36.4 Å². The van der Waals surface area contributed by atoms with Gasteiger partial charge >= 0.3 is 6.18 Å². The average Bonchev–Trinajstić information content (AvgIpc) is 3.28. The van der Waals surface area contributed by atoms with Crippen LogP contribution in [0, 0.1) is 0 Å². The normalized spacial score (nSPS) is 11.0. The number of hydrogen-bond donors (Lipinski definition) is 2. The molecule has 2 N–H and O–H groups in total. The van der Waals surface area contributed by atoms with E-state index in [4.69, 9.17) is 4.74 Å². The summed E-state index contributed by atoms with van der Waals surface area (Å²) in [5.74, 6) is -0.477. The SMILES string of the molecule is O=C(Nc1snnc1C(=O)Nc1cccc(Oc2ccccc2)c1)c1cncc(C(F)(F)F)c1. The number of carbonyl (C=O) groups excluding carboxylic acids is 2. The van der Waals surface area contributed by atoms with Crippen molar-refractivity contribution in [1.29, 1.82) is 0 Å². The van der Waals surface area contributed by atoms with E-state index >= 15 is 0 Å². The molecule has 4 aromatic rings. The molecule has 172 valence electrons. The van der Waals surface area contributed by atoms with Crippen LogP contribution in [0.5, 0.6) is 11.5 Å². The monoisotopic (exact) mass is 485 g/mol. The lowest BCUT2D eigenvalue weighted by atomic mass is 10.2. The molecule has 0 aliphatic carbocycles. The molecular weight excluding hydrogens is 471 g/mol. The molecule has 8 nitrogen and oxygen atoms in total. The van der Waals surface area contributed by atoms with Gasteiger partial charge in [-0.3, -0.25) is 14.6 Å². The summed E-state index contributed by atoms with van der Waals surface area (Å²) in [5, 5.41) is 8.67. The van der Waals surface area contributed by atoms with E-state index in [9.17, 15) is 22.8 Å². The molecule has 2 aromatic heterocycles. The number of carbonyl (C=O) groups is 2. The number of benzene rings is 2. The highest BCUT2D eigenvalue weighted by Crippen LogP contribution is 2.29. The van der Waals surface area contributed by atoms with Crippen molar-refractivity contribution >= 4 is 34.0 Å². The smallest absolute Gasteiger partial charge is 0.417 e. The van der Waals surface area contributed by atoms with Crippen molar-refractivity contribution in [2.45, 2.75) is 6.18 Å². The van der Waals surface area contributed by atoms with Crippen molar-refractivity contribution in [2.75, 3.05) is 10.6 Å². The van der Waals surface area contributed by atoms with Gasteiger partial charge in [-0.05, 0) is 30.3 Å². The fourth-order valence-corrected chi connectivity index (χ4v) is 3.33. The Balaban J connectivity index is 1.46. The minimum Gasteiger partial charge on any atom is -0.457 e. The lowest BCUT2D eigenvalue weighted by Gasteiger charge is -2.09. The summed E-state index contributed by atoms with van der Waals surface area (Å²) in [4.78, 5) is 28.6. The van der Waals surface area contributed by atoms with Gasteiger partial charge in [-0.1, -0.05) is 28.8 Å². The first-order valence-corrected chi connectivity index (χ1v) is 10.4. The Labute approximate surface area is 194 Å². The van der Waals surface area contributed by atoms with Gasteiger partial charge in [0.05, 0.1) is 11.1 Å². The molecule has 34 heavy (non-hydrogen) atoms. The van der Waals surface area contributed by atoms with Gasteiger partial charge in [-0.25, -0.2) is 0 Å². The van der Waals surface area contributed by atoms with Gasteiger partial charge in [-0.15, -0.1) is 5.10 Å². The van der Waals surface area contributed by atoms with Crippen LogP contribution in [0.25, 0.3) is 0 Å². The zero-order valence-corrected chi connectivity index (χ0v) is 17.9.